The molecule has 3 nitrogen and oxygen atoms in total. The molecule has 0 bridgehead atoms. The number of benzene rings is 1. The van der Waals surface area contributed by atoms with Crippen LogP contribution >= 0.6 is 11.3 Å². The molecule has 1 aromatic heterocycles. The molecule has 0 spiro atoms. The van der Waals surface area contributed by atoms with Crippen LogP contribution in [0, 0.1) is 0 Å². The van der Waals surface area contributed by atoms with Crippen LogP contribution < -0.4 is 10.6 Å². The first kappa shape index (κ1) is 12.6. The van der Waals surface area contributed by atoms with Crippen molar-refractivity contribution >= 4 is 27.3 Å². The quantitative estimate of drug-likeness (QED) is 0.903. The first-order valence-electron chi connectivity index (χ1n) is 6.80. The average molecular weight is 274 g/mol. The van der Waals surface area contributed by atoms with Gasteiger partial charge in [-0.3, -0.25) is 4.79 Å². The summed E-state index contributed by atoms with van der Waals surface area (Å²) in [7, 11) is 0. The van der Waals surface area contributed by atoms with Crippen LogP contribution in [0.4, 0.5) is 0 Å². The molecule has 0 radical (unpaired) electrons. The molecular formula is C15H18N2OS. The van der Waals surface area contributed by atoms with Crippen LogP contribution in [0.1, 0.15) is 24.8 Å². The second-order valence-corrected chi connectivity index (χ2v) is 5.96. The SMILES string of the molecule is O=C(NCc1ccc2sccc2c1)[C@H]1CCCCN1. The Morgan fingerprint density at radius 3 is 3.16 bits per heavy atom. The summed E-state index contributed by atoms with van der Waals surface area (Å²) in [5.41, 5.74) is 1.16. The van der Waals surface area contributed by atoms with Crippen LogP contribution in [0.15, 0.2) is 29.6 Å². The molecule has 0 unspecified atom stereocenters. The van der Waals surface area contributed by atoms with Gasteiger partial charge in [0, 0.05) is 11.2 Å². The molecule has 1 aromatic carbocycles. The summed E-state index contributed by atoms with van der Waals surface area (Å²) in [5, 5.41) is 9.65. The zero-order chi connectivity index (χ0) is 13.1. The summed E-state index contributed by atoms with van der Waals surface area (Å²) in [6, 6.07) is 8.49. The molecule has 19 heavy (non-hydrogen) atoms. The zero-order valence-electron chi connectivity index (χ0n) is 10.8. The number of thiophene rings is 1. The lowest BCUT2D eigenvalue weighted by Gasteiger charge is -2.22. The fourth-order valence-electron chi connectivity index (χ4n) is 2.51. The van der Waals surface area contributed by atoms with Crippen molar-refractivity contribution in [1.82, 2.24) is 10.6 Å². The summed E-state index contributed by atoms with van der Waals surface area (Å²) in [4.78, 5) is 12.0. The molecule has 1 saturated heterocycles. The van der Waals surface area contributed by atoms with Gasteiger partial charge in [0.05, 0.1) is 6.04 Å². The minimum absolute atomic E-state index is 0.00127. The van der Waals surface area contributed by atoms with Gasteiger partial charge in [0.1, 0.15) is 0 Å². The third-order valence-electron chi connectivity index (χ3n) is 3.61. The standard InChI is InChI=1S/C15H18N2OS/c18-15(13-3-1-2-7-16-13)17-10-11-4-5-14-12(9-11)6-8-19-14/h4-6,8-9,13,16H,1-3,7,10H2,(H,17,18)/t13-/m1/s1. The van der Waals surface area contributed by atoms with Gasteiger partial charge in [-0.05, 0) is 53.9 Å². The molecular weight excluding hydrogens is 256 g/mol. The number of hydrogen-bond donors (Lipinski definition) is 2. The van der Waals surface area contributed by atoms with Gasteiger partial charge in [-0.25, -0.2) is 0 Å². The third-order valence-corrected chi connectivity index (χ3v) is 4.51. The minimum atomic E-state index is -0.00127. The molecule has 3 rings (SSSR count). The molecule has 1 aliphatic heterocycles. The largest absolute Gasteiger partial charge is 0.351 e. The van der Waals surface area contributed by atoms with E-state index in [1.807, 2.05) is 0 Å². The number of piperidine rings is 1. The predicted octanol–water partition coefficient (Wildman–Crippen LogP) is 2.66. The lowest BCUT2D eigenvalue weighted by Crippen LogP contribution is -2.46. The predicted molar refractivity (Wildman–Crippen MR) is 79.3 cm³/mol. The van der Waals surface area contributed by atoms with Crippen molar-refractivity contribution in [2.75, 3.05) is 6.54 Å². The highest BCUT2D eigenvalue weighted by Gasteiger charge is 2.19. The Morgan fingerprint density at radius 1 is 1.37 bits per heavy atom. The van der Waals surface area contributed by atoms with E-state index in [9.17, 15) is 4.79 Å². The lowest BCUT2D eigenvalue weighted by atomic mass is 10.0. The number of hydrogen-bond acceptors (Lipinski definition) is 3. The van der Waals surface area contributed by atoms with Gasteiger partial charge in [-0.15, -0.1) is 11.3 Å². The first-order chi connectivity index (χ1) is 9.33. The van der Waals surface area contributed by atoms with Crippen LogP contribution in [0.25, 0.3) is 10.1 Å². The van der Waals surface area contributed by atoms with Crippen molar-refractivity contribution in [1.29, 1.82) is 0 Å². The molecule has 4 heteroatoms. The fourth-order valence-corrected chi connectivity index (χ4v) is 3.28. The Labute approximate surface area is 117 Å². The molecule has 1 fully saturated rings. The second kappa shape index (κ2) is 5.72. The van der Waals surface area contributed by atoms with E-state index >= 15 is 0 Å². The number of fused-ring (bicyclic) bond motifs is 1. The van der Waals surface area contributed by atoms with E-state index in [2.05, 4.69) is 40.3 Å². The first-order valence-corrected chi connectivity index (χ1v) is 7.68. The molecule has 1 amide bonds. The molecule has 0 aliphatic carbocycles. The maximum atomic E-state index is 12.0. The minimum Gasteiger partial charge on any atom is -0.351 e. The summed E-state index contributed by atoms with van der Waals surface area (Å²) < 4.78 is 1.30. The van der Waals surface area contributed by atoms with Crippen molar-refractivity contribution in [3.63, 3.8) is 0 Å². The molecule has 1 atom stereocenters. The van der Waals surface area contributed by atoms with Crippen LogP contribution in [-0.4, -0.2) is 18.5 Å². The topological polar surface area (TPSA) is 41.1 Å². The van der Waals surface area contributed by atoms with Crippen LogP contribution in [0.5, 0.6) is 0 Å². The van der Waals surface area contributed by atoms with Gasteiger partial charge in [-0.1, -0.05) is 12.5 Å². The highest BCUT2D eigenvalue weighted by Crippen LogP contribution is 2.21. The highest BCUT2D eigenvalue weighted by molar-refractivity contribution is 7.17. The van der Waals surface area contributed by atoms with Crippen molar-refractivity contribution in [2.24, 2.45) is 0 Å². The normalized spacial score (nSPS) is 19.5. The summed E-state index contributed by atoms with van der Waals surface area (Å²) >= 11 is 1.75. The van der Waals surface area contributed by atoms with Gasteiger partial charge < -0.3 is 10.6 Å². The Kier molecular flexibility index (Phi) is 3.80. The van der Waals surface area contributed by atoms with E-state index in [0.29, 0.717) is 6.54 Å². The number of rotatable bonds is 3. The average Bonchev–Trinajstić information content (AvgIpc) is 2.93. The van der Waals surface area contributed by atoms with E-state index in [4.69, 9.17) is 0 Å². The maximum absolute atomic E-state index is 12.0. The van der Waals surface area contributed by atoms with Gasteiger partial charge in [-0.2, -0.15) is 0 Å². The maximum Gasteiger partial charge on any atom is 0.237 e. The molecule has 2 aromatic rings. The Hall–Kier alpha value is -1.39. The van der Waals surface area contributed by atoms with Crippen molar-refractivity contribution in [3.8, 4) is 0 Å². The zero-order valence-corrected chi connectivity index (χ0v) is 11.6. The van der Waals surface area contributed by atoms with Crippen molar-refractivity contribution in [2.45, 2.75) is 31.8 Å². The van der Waals surface area contributed by atoms with E-state index < -0.39 is 0 Å². The molecule has 0 saturated carbocycles. The summed E-state index contributed by atoms with van der Waals surface area (Å²) in [6.45, 7) is 1.57. The van der Waals surface area contributed by atoms with Crippen LogP contribution in [0.2, 0.25) is 0 Å². The van der Waals surface area contributed by atoms with Crippen LogP contribution in [0.3, 0.4) is 0 Å². The molecule has 100 valence electrons. The molecule has 1 aliphatic rings. The number of amides is 1. The van der Waals surface area contributed by atoms with Crippen molar-refractivity contribution in [3.05, 3.63) is 35.2 Å². The fraction of sp³-hybridized carbons (Fsp3) is 0.400. The highest BCUT2D eigenvalue weighted by atomic mass is 32.1. The lowest BCUT2D eigenvalue weighted by molar-refractivity contribution is -0.123. The van der Waals surface area contributed by atoms with E-state index in [0.717, 1.165) is 24.9 Å². The van der Waals surface area contributed by atoms with Crippen molar-refractivity contribution < 1.29 is 4.79 Å². The number of carbonyl (C=O) groups is 1. The molecule has 2 N–H and O–H groups in total. The van der Waals surface area contributed by atoms with Gasteiger partial charge in [0.25, 0.3) is 0 Å². The Bertz CT molecular complexity index is 572. The van der Waals surface area contributed by atoms with Gasteiger partial charge in [0.15, 0.2) is 0 Å². The van der Waals surface area contributed by atoms with Gasteiger partial charge in [0.2, 0.25) is 5.91 Å². The van der Waals surface area contributed by atoms with E-state index in [-0.39, 0.29) is 11.9 Å². The molecule has 2 heterocycles. The monoisotopic (exact) mass is 274 g/mol. The number of carbonyl (C=O) groups excluding carboxylic acids is 1. The van der Waals surface area contributed by atoms with Crippen LogP contribution in [-0.2, 0) is 11.3 Å². The Morgan fingerprint density at radius 2 is 2.32 bits per heavy atom. The smallest absolute Gasteiger partial charge is 0.237 e. The summed E-state index contributed by atoms with van der Waals surface area (Å²) in [5.74, 6) is 0.130. The number of nitrogens with one attached hydrogen (secondary N) is 2. The van der Waals surface area contributed by atoms with E-state index in [1.165, 1.54) is 16.5 Å². The Balaban J connectivity index is 1.60. The van der Waals surface area contributed by atoms with Gasteiger partial charge >= 0.3 is 0 Å². The van der Waals surface area contributed by atoms with E-state index in [1.54, 1.807) is 11.3 Å². The third kappa shape index (κ3) is 2.96. The second-order valence-electron chi connectivity index (χ2n) is 5.01. The summed E-state index contributed by atoms with van der Waals surface area (Å²) in [6.07, 6.45) is 3.28.